The fraction of sp³-hybridized carbons (Fsp3) is 0.375. The van der Waals surface area contributed by atoms with Crippen molar-refractivity contribution in [3.63, 3.8) is 0 Å². The van der Waals surface area contributed by atoms with Gasteiger partial charge >= 0.3 is 11.7 Å². The van der Waals surface area contributed by atoms with Crippen LogP contribution in [0.2, 0.25) is 0 Å². The summed E-state index contributed by atoms with van der Waals surface area (Å²) < 4.78 is 25.9. The number of carbonyl (C=O) groups is 3. The van der Waals surface area contributed by atoms with E-state index in [2.05, 4.69) is 5.32 Å². The standard InChI is InChI=1S/C24H26FN3O7S/c1-6-26-20(30)13(4)28-21(31)18-12(3)19(23(32)35-7-2)36-22(18)27(24(28)33)11-16(29)15-10-14(25)8-9-17(15)34-5/h8-10,13H,6-7,11H2,1-5H3,(H,26,30). The number of esters is 1. The Morgan fingerprint density at radius 3 is 2.50 bits per heavy atom. The highest BCUT2D eigenvalue weighted by Crippen LogP contribution is 2.29. The number of carbonyl (C=O) groups excluding carboxylic acids is 3. The van der Waals surface area contributed by atoms with Crippen LogP contribution in [0.4, 0.5) is 4.39 Å². The number of nitrogens with zero attached hydrogens (tertiary/aromatic N) is 2. The summed E-state index contributed by atoms with van der Waals surface area (Å²) in [6.45, 7) is 6.00. The van der Waals surface area contributed by atoms with Gasteiger partial charge in [0.15, 0.2) is 5.78 Å². The molecule has 0 spiro atoms. The molecule has 0 saturated heterocycles. The van der Waals surface area contributed by atoms with Crippen LogP contribution >= 0.6 is 11.3 Å². The minimum absolute atomic E-state index is 0.0119. The van der Waals surface area contributed by atoms with Crippen molar-refractivity contribution in [2.75, 3.05) is 20.3 Å². The van der Waals surface area contributed by atoms with Crippen LogP contribution in [0.25, 0.3) is 10.2 Å². The molecule has 0 fully saturated rings. The van der Waals surface area contributed by atoms with Crippen molar-refractivity contribution in [3.8, 4) is 5.75 Å². The molecule has 36 heavy (non-hydrogen) atoms. The number of amides is 1. The number of nitrogens with one attached hydrogen (secondary N) is 1. The zero-order valence-corrected chi connectivity index (χ0v) is 21.3. The molecule has 2 heterocycles. The minimum Gasteiger partial charge on any atom is -0.496 e. The largest absolute Gasteiger partial charge is 0.496 e. The maximum atomic E-state index is 13.9. The van der Waals surface area contributed by atoms with E-state index in [0.717, 1.165) is 32.6 Å². The van der Waals surface area contributed by atoms with Crippen molar-refractivity contribution in [2.24, 2.45) is 0 Å². The molecule has 3 rings (SSSR count). The summed E-state index contributed by atoms with van der Waals surface area (Å²) in [6.07, 6.45) is 0. The van der Waals surface area contributed by atoms with E-state index < -0.39 is 47.3 Å². The van der Waals surface area contributed by atoms with Gasteiger partial charge in [-0.25, -0.2) is 18.5 Å². The molecular weight excluding hydrogens is 493 g/mol. The Bertz CT molecular complexity index is 1470. The maximum Gasteiger partial charge on any atom is 0.348 e. The number of aromatic nitrogens is 2. The molecule has 3 aromatic rings. The van der Waals surface area contributed by atoms with Gasteiger partial charge < -0.3 is 14.8 Å². The molecule has 1 amide bonds. The Hall–Kier alpha value is -3.80. The lowest BCUT2D eigenvalue weighted by Gasteiger charge is -2.17. The predicted octanol–water partition coefficient (Wildman–Crippen LogP) is 2.44. The second-order valence-electron chi connectivity index (χ2n) is 7.84. The first-order chi connectivity index (χ1) is 17.1. The summed E-state index contributed by atoms with van der Waals surface area (Å²) in [4.78, 5) is 65.4. The molecule has 12 heteroatoms. The number of hydrogen-bond acceptors (Lipinski definition) is 8. The third-order valence-electron chi connectivity index (χ3n) is 5.59. The molecular formula is C24H26FN3O7S. The van der Waals surface area contributed by atoms with E-state index in [-0.39, 0.29) is 45.1 Å². The molecule has 2 aromatic heterocycles. The Kier molecular flexibility index (Phi) is 8.08. The molecule has 1 aromatic carbocycles. The molecule has 1 unspecified atom stereocenters. The summed E-state index contributed by atoms with van der Waals surface area (Å²) in [6, 6.07) is 2.19. The normalized spacial score (nSPS) is 11.8. The third kappa shape index (κ3) is 4.81. The van der Waals surface area contributed by atoms with Gasteiger partial charge in [0, 0.05) is 6.54 Å². The number of likely N-dealkylation sites (N-methyl/N-ethyl adjacent to an activating group) is 1. The number of ketones is 1. The first-order valence-electron chi connectivity index (χ1n) is 11.2. The van der Waals surface area contributed by atoms with Crippen molar-refractivity contribution < 1.29 is 28.2 Å². The van der Waals surface area contributed by atoms with Gasteiger partial charge in [0.1, 0.15) is 27.3 Å². The SMILES string of the molecule is CCNC(=O)C(C)n1c(=O)c2c(C)c(C(=O)OCC)sc2n(CC(=O)c2cc(F)ccc2OC)c1=O. The Balaban J connectivity index is 2.32. The average molecular weight is 520 g/mol. The molecule has 10 nitrogen and oxygen atoms in total. The number of thiophene rings is 1. The first-order valence-corrected chi connectivity index (χ1v) is 12.0. The fourth-order valence-electron chi connectivity index (χ4n) is 3.80. The van der Waals surface area contributed by atoms with Crippen LogP contribution < -0.4 is 21.3 Å². The number of aryl methyl sites for hydroxylation is 1. The van der Waals surface area contributed by atoms with Crippen LogP contribution in [-0.2, 0) is 16.1 Å². The highest BCUT2D eigenvalue weighted by atomic mass is 32.1. The number of rotatable bonds is 9. The highest BCUT2D eigenvalue weighted by molar-refractivity contribution is 7.20. The van der Waals surface area contributed by atoms with Gasteiger partial charge in [-0.2, -0.15) is 0 Å². The van der Waals surface area contributed by atoms with E-state index in [0.29, 0.717) is 0 Å². The van der Waals surface area contributed by atoms with Crippen molar-refractivity contribution in [2.45, 2.75) is 40.3 Å². The van der Waals surface area contributed by atoms with E-state index in [4.69, 9.17) is 9.47 Å². The molecule has 0 aliphatic rings. The van der Waals surface area contributed by atoms with Crippen LogP contribution in [0.5, 0.6) is 5.75 Å². The van der Waals surface area contributed by atoms with Gasteiger partial charge in [0.25, 0.3) is 5.56 Å². The first kappa shape index (κ1) is 26.8. The highest BCUT2D eigenvalue weighted by Gasteiger charge is 2.28. The van der Waals surface area contributed by atoms with E-state index in [1.54, 1.807) is 13.8 Å². The van der Waals surface area contributed by atoms with Crippen LogP contribution in [0.15, 0.2) is 27.8 Å². The fourth-order valence-corrected chi connectivity index (χ4v) is 4.99. The monoisotopic (exact) mass is 519 g/mol. The molecule has 0 aliphatic carbocycles. The Labute approximate surface area is 209 Å². The van der Waals surface area contributed by atoms with Crippen LogP contribution in [-0.4, -0.2) is 47.1 Å². The van der Waals surface area contributed by atoms with Gasteiger partial charge in [-0.3, -0.25) is 19.0 Å². The van der Waals surface area contributed by atoms with Gasteiger partial charge in [0.2, 0.25) is 5.91 Å². The van der Waals surface area contributed by atoms with E-state index in [1.807, 2.05) is 0 Å². The van der Waals surface area contributed by atoms with Crippen LogP contribution in [0.3, 0.4) is 0 Å². The summed E-state index contributed by atoms with van der Waals surface area (Å²) in [7, 11) is 1.32. The van der Waals surface area contributed by atoms with Crippen molar-refractivity contribution in [3.05, 3.63) is 60.9 Å². The van der Waals surface area contributed by atoms with Gasteiger partial charge in [-0.05, 0) is 51.5 Å². The van der Waals surface area contributed by atoms with Gasteiger partial charge in [-0.15, -0.1) is 11.3 Å². The Morgan fingerprint density at radius 1 is 1.19 bits per heavy atom. The topological polar surface area (TPSA) is 126 Å². The molecule has 192 valence electrons. The number of methoxy groups -OCH3 is 1. The molecule has 1 N–H and O–H groups in total. The molecule has 0 bridgehead atoms. The zero-order valence-electron chi connectivity index (χ0n) is 20.5. The lowest BCUT2D eigenvalue weighted by molar-refractivity contribution is -0.123. The number of halogens is 1. The number of ether oxygens (including phenoxy) is 2. The van der Waals surface area contributed by atoms with Crippen LogP contribution in [0.1, 0.15) is 52.4 Å². The number of Topliss-reactive ketones (excluding diaryl/α,β-unsaturated/α-hetero) is 1. The summed E-state index contributed by atoms with van der Waals surface area (Å²) in [5, 5.41) is 2.58. The van der Waals surface area contributed by atoms with Gasteiger partial charge in [0.05, 0.1) is 31.2 Å². The lowest BCUT2D eigenvalue weighted by atomic mass is 10.1. The molecule has 0 saturated carbocycles. The van der Waals surface area contributed by atoms with Crippen LogP contribution in [0, 0.1) is 12.7 Å². The van der Waals surface area contributed by atoms with Gasteiger partial charge in [-0.1, -0.05) is 0 Å². The molecule has 0 radical (unpaired) electrons. The van der Waals surface area contributed by atoms with Crippen molar-refractivity contribution in [1.29, 1.82) is 0 Å². The number of benzene rings is 1. The third-order valence-corrected chi connectivity index (χ3v) is 6.88. The second-order valence-corrected chi connectivity index (χ2v) is 8.84. The Morgan fingerprint density at radius 2 is 1.89 bits per heavy atom. The summed E-state index contributed by atoms with van der Waals surface area (Å²) >= 11 is 0.833. The average Bonchev–Trinajstić information content (AvgIpc) is 3.19. The van der Waals surface area contributed by atoms with E-state index in [1.165, 1.54) is 27.0 Å². The predicted molar refractivity (Wildman–Crippen MR) is 132 cm³/mol. The number of fused-ring (bicyclic) bond motifs is 1. The zero-order chi connectivity index (χ0) is 26.7. The smallest absolute Gasteiger partial charge is 0.348 e. The molecule has 0 aliphatic heterocycles. The van der Waals surface area contributed by atoms with E-state index >= 15 is 0 Å². The lowest BCUT2D eigenvalue weighted by Crippen LogP contribution is -2.46. The van der Waals surface area contributed by atoms with Crippen molar-refractivity contribution >= 4 is 39.2 Å². The summed E-state index contributed by atoms with van der Waals surface area (Å²) in [5.41, 5.74) is -1.54. The molecule has 1 atom stereocenters. The minimum atomic E-state index is -1.20. The number of hydrogen-bond donors (Lipinski definition) is 1. The van der Waals surface area contributed by atoms with E-state index in [9.17, 15) is 28.4 Å². The quantitative estimate of drug-likeness (QED) is 0.340. The maximum absolute atomic E-state index is 13.9. The summed E-state index contributed by atoms with van der Waals surface area (Å²) in [5.74, 6) is -2.50. The second kappa shape index (κ2) is 10.9. The van der Waals surface area contributed by atoms with Crippen molar-refractivity contribution in [1.82, 2.24) is 14.5 Å².